The molecule has 0 spiro atoms. The number of carbonyl (C=O) groups excluding carboxylic acids is 1. The number of nitrogen functional groups attached to an aromatic ring is 1. The summed E-state index contributed by atoms with van der Waals surface area (Å²) >= 11 is 0. The van der Waals surface area contributed by atoms with Crippen LogP contribution in [0.3, 0.4) is 0 Å². The van der Waals surface area contributed by atoms with Crippen LogP contribution in [0.4, 0.5) is 11.9 Å². The second-order valence-electron chi connectivity index (χ2n) is 9.54. The van der Waals surface area contributed by atoms with Crippen molar-refractivity contribution < 1.29 is 14.3 Å². The highest BCUT2D eigenvalue weighted by atomic mass is 16.5. The molecule has 1 aromatic carbocycles. The molecule has 0 radical (unpaired) electrons. The monoisotopic (exact) mass is 504 g/mol. The fourth-order valence-electron chi connectivity index (χ4n) is 4.57. The maximum absolute atomic E-state index is 12.9. The number of rotatable bonds is 7. The van der Waals surface area contributed by atoms with Crippen molar-refractivity contribution in [2.45, 2.75) is 44.0 Å². The molecule has 37 heavy (non-hydrogen) atoms. The van der Waals surface area contributed by atoms with E-state index in [0.29, 0.717) is 50.1 Å². The number of nitrogens with zero attached hydrogens (tertiary/aromatic N) is 6. The third-order valence-corrected chi connectivity index (χ3v) is 6.96. The number of amides is 1. The Hall–Kier alpha value is -3.83. The Morgan fingerprint density at radius 1 is 1.19 bits per heavy atom. The number of hydrogen-bond acceptors (Lipinski definition) is 10. The molecule has 0 unspecified atom stereocenters. The molecule has 2 aromatic heterocycles. The molecular formula is C26H32N8O3. The van der Waals surface area contributed by atoms with E-state index < -0.39 is 6.04 Å². The van der Waals surface area contributed by atoms with Crippen molar-refractivity contribution in [1.82, 2.24) is 24.8 Å². The second kappa shape index (κ2) is 10.7. The largest absolute Gasteiger partial charge is 0.474 e. The van der Waals surface area contributed by atoms with Crippen molar-refractivity contribution in [2.24, 2.45) is 5.73 Å². The molecule has 1 saturated heterocycles. The summed E-state index contributed by atoms with van der Waals surface area (Å²) in [5.41, 5.74) is 14.1. The van der Waals surface area contributed by atoms with Gasteiger partial charge >= 0.3 is 0 Å². The first-order valence-corrected chi connectivity index (χ1v) is 12.4. The Morgan fingerprint density at radius 2 is 1.92 bits per heavy atom. The van der Waals surface area contributed by atoms with Crippen molar-refractivity contribution in [2.75, 3.05) is 37.4 Å². The topological polar surface area (TPSA) is 146 Å². The molecule has 1 aliphatic heterocycles. The summed E-state index contributed by atoms with van der Waals surface area (Å²) in [5.74, 6) is 1.12. The van der Waals surface area contributed by atoms with Crippen LogP contribution in [0.5, 0.6) is 5.88 Å². The van der Waals surface area contributed by atoms with Gasteiger partial charge in [0.1, 0.15) is 12.1 Å². The van der Waals surface area contributed by atoms with E-state index in [-0.39, 0.29) is 30.0 Å². The Kier molecular flexibility index (Phi) is 7.15. The quantitative estimate of drug-likeness (QED) is 0.488. The summed E-state index contributed by atoms with van der Waals surface area (Å²) in [6, 6.07) is 10.7. The summed E-state index contributed by atoms with van der Waals surface area (Å²) in [7, 11) is 1.80. The van der Waals surface area contributed by atoms with Crippen molar-refractivity contribution in [1.29, 1.82) is 0 Å². The van der Waals surface area contributed by atoms with E-state index in [1.54, 1.807) is 30.4 Å². The third-order valence-electron chi connectivity index (χ3n) is 6.96. The zero-order valence-electron chi connectivity index (χ0n) is 21.0. The SMILES string of the molecule is C[C@H]1COCCN1c1nc(OC2CC(N(C)C(=O)[C@@H](N)c3ccccc3)C2)cc(-c2cnc(N)nc2)n1. The van der Waals surface area contributed by atoms with Gasteiger partial charge in [0.05, 0.1) is 24.9 Å². The molecule has 194 valence electrons. The number of aromatic nitrogens is 4. The van der Waals surface area contributed by atoms with Crippen LogP contribution in [0, 0.1) is 0 Å². The first-order valence-electron chi connectivity index (χ1n) is 12.4. The number of likely N-dealkylation sites (N-methyl/N-ethyl adjacent to an activating group) is 1. The van der Waals surface area contributed by atoms with Crippen LogP contribution >= 0.6 is 0 Å². The normalized spacial score (nSPS) is 22.1. The van der Waals surface area contributed by atoms with Crippen molar-refractivity contribution in [3.05, 3.63) is 54.4 Å². The zero-order valence-corrected chi connectivity index (χ0v) is 21.0. The Balaban J connectivity index is 1.29. The lowest BCUT2D eigenvalue weighted by atomic mass is 9.87. The molecule has 1 aliphatic carbocycles. The Bertz CT molecular complexity index is 1220. The van der Waals surface area contributed by atoms with Crippen molar-refractivity contribution in [3.8, 4) is 17.1 Å². The van der Waals surface area contributed by atoms with Gasteiger partial charge in [-0.3, -0.25) is 4.79 Å². The minimum atomic E-state index is -0.684. The standard InChI is InChI=1S/C26H32N8O3/c1-16-15-36-9-8-34(16)26-31-21(18-13-29-25(28)30-14-18)12-22(32-26)37-20-10-19(11-20)33(2)24(35)23(27)17-6-4-3-5-7-17/h3-7,12-14,16,19-20,23H,8-11,15,27H2,1-2H3,(H2,28,29,30)/t16-,19?,20?,23-/m0/s1. The number of anilines is 2. The van der Waals surface area contributed by atoms with Crippen LogP contribution in [-0.4, -0.2) is 75.7 Å². The van der Waals surface area contributed by atoms with Gasteiger partial charge in [0.15, 0.2) is 0 Å². The molecule has 3 heterocycles. The molecule has 5 rings (SSSR count). The van der Waals surface area contributed by atoms with Gasteiger partial charge in [-0.25, -0.2) is 15.0 Å². The molecule has 11 nitrogen and oxygen atoms in total. The molecule has 2 fully saturated rings. The first-order chi connectivity index (χ1) is 17.9. The van der Waals surface area contributed by atoms with E-state index in [1.807, 2.05) is 30.3 Å². The van der Waals surface area contributed by atoms with E-state index in [9.17, 15) is 4.79 Å². The fourth-order valence-corrected chi connectivity index (χ4v) is 4.57. The number of carbonyl (C=O) groups is 1. The Morgan fingerprint density at radius 3 is 2.62 bits per heavy atom. The van der Waals surface area contributed by atoms with Gasteiger partial charge in [0.2, 0.25) is 23.7 Å². The second-order valence-corrected chi connectivity index (χ2v) is 9.54. The van der Waals surface area contributed by atoms with Gasteiger partial charge in [-0.1, -0.05) is 30.3 Å². The van der Waals surface area contributed by atoms with Gasteiger partial charge in [0, 0.05) is 56.5 Å². The average Bonchev–Trinajstić information content (AvgIpc) is 2.90. The van der Waals surface area contributed by atoms with Crippen LogP contribution in [0.25, 0.3) is 11.3 Å². The van der Waals surface area contributed by atoms with E-state index in [0.717, 1.165) is 11.1 Å². The number of morpholine rings is 1. The van der Waals surface area contributed by atoms with Crippen LogP contribution in [-0.2, 0) is 9.53 Å². The maximum atomic E-state index is 12.9. The minimum Gasteiger partial charge on any atom is -0.474 e. The molecule has 11 heteroatoms. The zero-order chi connectivity index (χ0) is 25.9. The minimum absolute atomic E-state index is 0.0535. The molecule has 1 amide bonds. The van der Waals surface area contributed by atoms with Crippen LogP contribution in [0.2, 0.25) is 0 Å². The third kappa shape index (κ3) is 5.47. The van der Waals surface area contributed by atoms with Crippen LogP contribution in [0.15, 0.2) is 48.8 Å². The highest BCUT2D eigenvalue weighted by Crippen LogP contribution is 2.32. The smallest absolute Gasteiger partial charge is 0.244 e. The van der Waals surface area contributed by atoms with Gasteiger partial charge in [-0.05, 0) is 12.5 Å². The van der Waals surface area contributed by atoms with Crippen LogP contribution in [0.1, 0.15) is 31.4 Å². The summed E-state index contributed by atoms with van der Waals surface area (Å²) in [6.45, 7) is 3.97. The van der Waals surface area contributed by atoms with Crippen LogP contribution < -0.4 is 21.1 Å². The summed E-state index contributed by atoms with van der Waals surface area (Å²) in [4.78, 5) is 34.4. The molecule has 3 aromatic rings. The number of ether oxygens (including phenoxy) is 2. The number of hydrogen-bond donors (Lipinski definition) is 2. The average molecular weight is 505 g/mol. The first kappa shape index (κ1) is 24.8. The van der Waals surface area contributed by atoms with E-state index >= 15 is 0 Å². The van der Waals surface area contributed by atoms with Gasteiger partial charge < -0.3 is 30.7 Å². The lowest BCUT2D eigenvalue weighted by molar-refractivity contribution is -0.137. The molecule has 1 saturated carbocycles. The van der Waals surface area contributed by atoms with Crippen molar-refractivity contribution in [3.63, 3.8) is 0 Å². The molecular weight excluding hydrogens is 472 g/mol. The molecule has 4 N–H and O–H groups in total. The predicted octanol–water partition coefficient (Wildman–Crippen LogP) is 1.81. The lowest BCUT2D eigenvalue weighted by Gasteiger charge is -2.41. The molecule has 2 aliphatic rings. The van der Waals surface area contributed by atoms with Gasteiger partial charge in [-0.15, -0.1) is 0 Å². The van der Waals surface area contributed by atoms with Gasteiger partial charge in [-0.2, -0.15) is 4.98 Å². The van der Waals surface area contributed by atoms with E-state index in [1.165, 1.54) is 0 Å². The van der Waals surface area contributed by atoms with Gasteiger partial charge in [0.25, 0.3) is 0 Å². The summed E-state index contributed by atoms with van der Waals surface area (Å²) in [6.07, 6.45) is 4.58. The number of nitrogens with two attached hydrogens (primary N) is 2. The summed E-state index contributed by atoms with van der Waals surface area (Å²) < 4.78 is 11.8. The van der Waals surface area contributed by atoms with E-state index in [4.69, 9.17) is 30.9 Å². The van der Waals surface area contributed by atoms with E-state index in [2.05, 4.69) is 21.8 Å². The molecule has 0 bridgehead atoms. The molecule has 2 atom stereocenters. The highest BCUT2D eigenvalue weighted by Gasteiger charge is 2.37. The summed E-state index contributed by atoms with van der Waals surface area (Å²) in [5, 5.41) is 0. The highest BCUT2D eigenvalue weighted by molar-refractivity contribution is 5.83. The fraction of sp³-hybridized carbons (Fsp3) is 0.423. The lowest BCUT2D eigenvalue weighted by Crippen LogP contribution is -2.52. The Labute approximate surface area is 215 Å². The predicted molar refractivity (Wildman–Crippen MR) is 139 cm³/mol. The maximum Gasteiger partial charge on any atom is 0.244 e. The number of benzene rings is 1. The van der Waals surface area contributed by atoms with Crippen molar-refractivity contribution >= 4 is 17.8 Å².